The minimum absolute atomic E-state index is 0.111. The van der Waals surface area contributed by atoms with E-state index in [1.165, 1.54) is 6.07 Å². The molecule has 0 aliphatic heterocycles. The van der Waals surface area contributed by atoms with Crippen LogP contribution in [-0.2, 0) is 6.54 Å². The van der Waals surface area contributed by atoms with Gasteiger partial charge in [-0.2, -0.15) is 0 Å². The lowest BCUT2D eigenvalue weighted by atomic mass is 10.1. The second-order valence-electron chi connectivity index (χ2n) is 4.14. The van der Waals surface area contributed by atoms with Gasteiger partial charge >= 0.3 is 0 Å². The molecule has 0 bridgehead atoms. The highest BCUT2D eigenvalue weighted by atomic mass is 16.3. The number of hydrogen-bond acceptors (Lipinski definition) is 4. The minimum atomic E-state index is -0.129. The molecule has 0 amide bonds. The average Bonchev–Trinajstić information content (AvgIpc) is 2.35. The normalized spacial score (nSPS) is 10.3. The van der Waals surface area contributed by atoms with Gasteiger partial charge in [0.1, 0.15) is 5.75 Å². The summed E-state index contributed by atoms with van der Waals surface area (Å²) in [6.45, 7) is 2.21. The fourth-order valence-electron chi connectivity index (χ4n) is 1.68. The molecule has 0 aromatic heterocycles. The molecule has 4 heteroatoms. The third kappa shape index (κ3) is 2.48. The molecule has 18 heavy (non-hydrogen) atoms. The maximum Gasteiger partial charge on any atom is 0.162 e. The zero-order valence-electron chi connectivity index (χ0n) is 10.0. The summed E-state index contributed by atoms with van der Waals surface area (Å²) in [7, 11) is 0. The van der Waals surface area contributed by atoms with Crippen LogP contribution in [0.2, 0.25) is 0 Å². The quantitative estimate of drug-likeness (QED) is 0.495. The van der Waals surface area contributed by atoms with Crippen molar-refractivity contribution in [3.63, 3.8) is 0 Å². The van der Waals surface area contributed by atoms with Gasteiger partial charge in [0.15, 0.2) is 11.5 Å². The molecule has 2 aromatic carbocycles. The van der Waals surface area contributed by atoms with Crippen LogP contribution in [0.5, 0.6) is 17.2 Å². The molecular weight excluding hydrogens is 230 g/mol. The molecule has 0 unspecified atom stereocenters. The van der Waals surface area contributed by atoms with E-state index < -0.39 is 0 Å². The lowest BCUT2D eigenvalue weighted by molar-refractivity contribution is 0.400. The SMILES string of the molecule is Cc1cc(NCc2cccc(O)c2O)ccc1O. The van der Waals surface area contributed by atoms with Gasteiger partial charge in [-0.25, -0.2) is 0 Å². The van der Waals surface area contributed by atoms with Crippen LogP contribution >= 0.6 is 0 Å². The number of nitrogens with one attached hydrogen (secondary N) is 1. The van der Waals surface area contributed by atoms with Crippen LogP contribution in [0.3, 0.4) is 0 Å². The molecule has 4 N–H and O–H groups in total. The highest BCUT2D eigenvalue weighted by Gasteiger charge is 2.05. The average molecular weight is 245 g/mol. The van der Waals surface area contributed by atoms with Crippen molar-refractivity contribution in [3.8, 4) is 17.2 Å². The summed E-state index contributed by atoms with van der Waals surface area (Å²) in [5.41, 5.74) is 2.23. The summed E-state index contributed by atoms with van der Waals surface area (Å²) in [5.74, 6) is 0.0115. The first-order valence-electron chi connectivity index (χ1n) is 5.61. The Morgan fingerprint density at radius 1 is 1.00 bits per heavy atom. The van der Waals surface area contributed by atoms with Crippen LogP contribution in [0.15, 0.2) is 36.4 Å². The van der Waals surface area contributed by atoms with Crippen molar-refractivity contribution in [3.05, 3.63) is 47.5 Å². The molecule has 0 saturated carbocycles. The predicted octanol–water partition coefficient (Wildman–Crippen LogP) is 2.72. The second kappa shape index (κ2) is 4.87. The number of hydrogen-bond donors (Lipinski definition) is 4. The Balaban J connectivity index is 2.11. The Morgan fingerprint density at radius 3 is 2.50 bits per heavy atom. The summed E-state index contributed by atoms with van der Waals surface area (Å²) < 4.78 is 0. The molecule has 0 fully saturated rings. The predicted molar refractivity (Wildman–Crippen MR) is 69.9 cm³/mol. The van der Waals surface area contributed by atoms with Gasteiger partial charge in [-0.1, -0.05) is 12.1 Å². The van der Waals surface area contributed by atoms with Crippen molar-refractivity contribution in [2.45, 2.75) is 13.5 Å². The van der Waals surface area contributed by atoms with Crippen molar-refractivity contribution in [1.82, 2.24) is 0 Å². The van der Waals surface area contributed by atoms with Crippen molar-refractivity contribution < 1.29 is 15.3 Å². The van der Waals surface area contributed by atoms with Crippen molar-refractivity contribution in [2.24, 2.45) is 0 Å². The van der Waals surface area contributed by atoms with E-state index in [4.69, 9.17) is 0 Å². The maximum absolute atomic E-state index is 9.64. The molecule has 0 spiro atoms. The van der Waals surface area contributed by atoms with Crippen LogP contribution in [-0.4, -0.2) is 15.3 Å². The van der Waals surface area contributed by atoms with E-state index in [9.17, 15) is 15.3 Å². The van der Waals surface area contributed by atoms with E-state index in [-0.39, 0.29) is 17.2 Å². The van der Waals surface area contributed by atoms with E-state index in [1.54, 1.807) is 24.3 Å². The van der Waals surface area contributed by atoms with Gasteiger partial charge in [-0.3, -0.25) is 0 Å². The highest BCUT2D eigenvalue weighted by molar-refractivity contribution is 5.52. The molecule has 0 aliphatic carbocycles. The molecule has 0 aliphatic rings. The number of anilines is 1. The van der Waals surface area contributed by atoms with Gasteiger partial charge in [0.2, 0.25) is 0 Å². The molecule has 2 aromatic rings. The zero-order chi connectivity index (χ0) is 13.1. The van der Waals surface area contributed by atoms with E-state index in [2.05, 4.69) is 5.32 Å². The van der Waals surface area contributed by atoms with E-state index in [0.717, 1.165) is 11.3 Å². The lowest BCUT2D eigenvalue weighted by Crippen LogP contribution is -1.99. The van der Waals surface area contributed by atoms with Crippen molar-refractivity contribution >= 4 is 5.69 Å². The first kappa shape index (κ1) is 12.1. The topological polar surface area (TPSA) is 72.7 Å². The summed E-state index contributed by atoms with van der Waals surface area (Å²) in [6, 6.07) is 10.0. The van der Waals surface area contributed by atoms with Crippen LogP contribution in [0.4, 0.5) is 5.69 Å². The summed E-state index contributed by atoms with van der Waals surface area (Å²) in [4.78, 5) is 0. The Kier molecular flexibility index (Phi) is 3.28. The first-order chi connectivity index (χ1) is 8.58. The Bertz CT molecular complexity index is 567. The lowest BCUT2D eigenvalue weighted by Gasteiger charge is -2.10. The van der Waals surface area contributed by atoms with Gasteiger partial charge in [0.25, 0.3) is 0 Å². The number of aromatic hydroxyl groups is 3. The van der Waals surface area contributed by atoms with Crippen LogP contribution in [0.1, 0.15) is 11.1 Å². The number of benzene rings is 2. The summed E-state index contributed by atoms with van der Waals surface area (Å²) in [6.07, 6.45) is 0. The third-order valence-corrected chi connectivity index (χ3v) is 2.78. The standard InChI is InChI=1S/C14H15NO3/c1-9-7-11(5-6-12(9)16)15-8-10-3-2-4-13(17)14(10)18/h2-7,15-18H,8H2,1H3. The highest BCUT2D eigenvalue weighted by Crippen LogP contribution is 2.29. The largest absolute Gasteiger partial charge is 0.508 e. The van der Waals surface area contributed by atoms with Crippen molar-refractivity contribution in [2.75, 3.05) is 5.32 Å². The molecule has 0 atom stereocenters. The van der Waals surface area contributed by atoms with Gasteiger partial charge in [0, 0.05) is 17.8 Å². The van der Waals surface area contributed by atoms with Gasteiger partial charge in [0.05, 0.1) is 0 Å². The smallest absolute Gasteiger partial charge is 0.162 e. The fraction of sp³-hybridized carbons (Fsp3) is 0.143. The second-order valence-corrected chi connectivity index (χ2v) is 4.14. The monoisotopic (exact) mass is 245 g/mol. The Labute approximate surface area is 105 Å². The number of phenolic OH excluding ortho intramolecular Hbond substituents is 3. The molecular formula is C14H15NO3. The van der Waals surface area contributed by atoms with E-state index >= 15 is 0 Å². The van der Waals surface area contributed by atoms with Crippen LogP contribution in [0, 0.1) is 6.92 Å². The van der Waals surface area contributed by atoms with Gasteiger partial charge < -0.3 is 20.6 Å². The van der Waals surface area contributed by atoms with Crippen molar-refractivity contribution in [1.29, 1.82) is 0 Å². The maximum atomic E-state index is 9.64. The minimum Gasteiger partial charge on any atom is -0.508 e. The number of aryl methyl sites for hydroxylation is 1. The van der Waals surface area contributed by atoms with Crippen LogP contribution in [0.25, 0.3) is 0 Å². The molecule has 4 nitrogen and oxygen atoms in total. The number of rotatable bonds is 3. The van der Waals surface area contributed by atoms with E-state index in [0.29, 0.717) is 12.1 Å². The third-order valence-electron chi connectivity index (χ3n) is 2.78. The van der Waals surface area contributed by atoms with Gasteiger partial charge in [-0.15, -0.1) is 0 Å². The van der Waals surface area contributed by atoms with Crippen LogP contribution < -0.4 is 5.32 Å². The molecule has 94 valence electrons. The fourth-order valence-corrected chi connectivity index (χ4v) is 1.68. The summed E-state index contributed by atoms with van der Waals surface area (Å²) >= 11 is 0. The molecule has 0 saturated heterocycles. The zero-order valence-corrected chi connectivity index (χ0v) is 10.0. The van der Waals surface area contributed by atoms with Gasteiger partial charge in [-0.05, 0) is 36.8 Å². The number of para-hydroxylation sites is 1. The molecule has 0 radical (unpaired) electrons. The van der Waals surface area contributed by atoms with E-state index in [1.807, 2.05) is 13.0 Å². The Morgan fingerprint density at radius 2 is 1.78 bits per heavy atom. The molecule has 2 rings (SSSR count). The summed E-state index contributed by atoms with van der Waals surface area (Å²) in [5, 5.41) is 31.5. The molecule has 0 heterocycles. The number of phenols is 3. The first-order valence-corrected chi connectivity index (χ1v) is 5.61. The Hall–Kier alpha value is -2.36.